The number of benzene rings is 1. The number of nitrogens with one attached hydrogen (secondary N) is 1. The Bertz CT molecular complexity index is 1200. The predicted molar refractivity (Wildman–Crippen MR) is 125 cm³/mol. The SMILES string of the molecule is COc1ccc(C(=O)N2CCCC[C@@H]2COc2ccc3c(c2)CN(C2CCC(=O)NC2=O)C3=O)nn1. The summed E-state index contributed by atoms with van der Waals surface area (Å²) in [7, 11) is 1.49. The molecule has 11 nitrogen and oxygen atoms in total. The van der Waals surface area contributed by atoms with Crippen LogP contribution in [0.5, 0.6) is 11.6 Å². The number of ether oxygens (including phenoxy) is 2. The summed E-state index contributed by atoms with van der Waals surface area (Å²) < 4.78 is 11.1. The summed E-state index contributed by atoms with van der Waals surface area (Å²) in [6, 6.07) is 7.68. The Morgan fingerprint density at radius 2 is 1.97 bits per heavy atom. The highest BCUT2D eigenvalue weighted by Gasteiger charge is 2.39. The van der Waals surface area contributed by atoms with E-state index in [1.54, 1.807) is 29.2 Å². The Labute approximate surface area is 207 Å². The zero-order valence-corrected chi connectivity index (χ0v) is 19.9. The van der Waals surface area contributed by atoms with E-state index in [4.69, 9.17) is 9.47 Å². The lowest BCUT2D eigenvalue weighted by Crippen LogP contribution is -2.52. The Morgan fingerprint density at radius 3 is 2.72 bits per heavy atom. The molecule has 3 aliphatic heterocycles. The van der Waals surface area contributed by atoms with Crippen LogP contribution in [-0.2, 0) is 16.1 Å². The summed E-state index contributed by atoms with van der Waals surface area (Å²) in [6.45, 7) is 1.20. The van der Waals surface area contributed by atoms with Gasteiger partial charge in [0.2, 0.25) is 17.7 Å². The van der Waals surface area contributed by atoms with Gasteiger partial charge in [0.25, 0.3) is 11.8 Å². The van der Waals surface area contributed by atoms with E-state index in [0.29, 0.717) is 36.8 Å². The van der Waals surface area contributed by atoms with Gasteiger partial charge in [-0.3, -0.25) is 24.5 Å². The first-order valence-corrected chi connectivity index (χ1v) is 12.0. The van der Waals surface area contributed by atoms with Crippen molar-refractivity contribution in [2.45, 2.75) is 50.7 Å². The number of methoxy groups -OCH3 is 1. The molecule has 2 aromatic rings. The van der Waals surface area contributed by atoms with E-state index < -0.39 is 11.9 Å². The topological polar surface area (TPSA) is 131 Å². The standard InChI is InChI=1S/C25H27N5O6/c1-35-22-10-7-19(27-28-22)25(34)29-11-3-2-4-16(29)14-36-17-5-6-18-15(12-17)13-30(24(18)33)20-8-9-21(31)26-23(20)32/h5-7,10,12,16,20H,2-4,8-9,11,13-14H2,1H3,(H,26,31,32)/t16-,20?/m1/s1. The van der Waals surface area contributed by atoms with Gasteiger partial charge >= 0.3 is 0 Å². The van der Waals surface area contributed by atoms with Crippen molar-refractivity contribution in [3.63, 3.8) is 0 Å². The van der Waals surface area contributed by atoms with Crippen LogP contribution in [0, 0.1) is 0 Å². The number of amides is 4. The van der Waals surface area contributed by atoms with Crippen molar-refractivity contribution in [2.24, 2.45) is 0 Å². The first kappa shape index (κ1) is 23.7. The summed E-state index contributed by atoms with van der Waals surface area (Å²) >= 11 is 0. The summed E-state index contributed by atoms with van der Waals surface area (Å²) in [5.41, 5.74) is 1.55. The zero-order chi connectivity index (χ0) is 25.2. The molecule has 1 aromatic heterocycles. The van der Waals surface area contributed by atoms with Gasteiger partial charge in [-0.1, -0.05) is 0 Å². The summed E-state index contributed by atoms with van der Waals surface area (Å²) in [5.74, 6) is -0.239. The number of carbonyl (C=O) groups excluding carboxylic acids is 4. The number of rotatable bonds is 6. The van der Waals surface area contributed by atoms with Gasteiger partial charge < -0.3 is 19.3 Å². The third kappa shape index (κ3) is 4.60. The molecule has 36 heavy (non-hydrogen) atoms. The number of carbonyl (C=O) groups is 4. The zero-order valence-electron chi connectivity index (χ0n) is 19.9. The van der Waals surface area contributed by atoms with E-state index in [0.717, 1.165) is 24.8 Å². The van der Waals surface area contributed by atoms with Crippen LogP contribution >= 0.6 is 0 Å². The molecule has 2 fully saturated rings. The van der Waals surface area contributed by atoms with Crippen LogP contribution < -0.4 is 14.8 Å². The Kier molecular flexibility index (Phi) is 6.53. The first-order valence-electron chi connectivity index (χ1n) is 12.0. The van der Waals surface area contributed by atoms with E-state index >= 15 is 0 Å². The van der Waals surface area contributed by atoms with Crippen molar-refractivity contribution in [3.8, 4) is 11.6 Å². The maximum atomic E-state index is 13.1. The number of imide groups is 1. The molecule has 0 saturated carbocycles. The lowest BCUT2D eigenvalue weighted by atomic mass is 10.0. The summed E-state index contributed by atoms with van der Waals surface area (Å²) in [4.78, 5) is 53.0. The smallest absolute Gasteiger partial charge is 0.274 e. The molecule has 3 aliphatic rings. The van der Waals surface area contributed by atoms with E-state index in [1.807, 2.05) is 6.07 Å². The molecule has 0 radical (unpaired) electrons. The minimum absolute atomic E-state index is 0.120. The molecule has 5 rings (SSSR count). The van der Waals surface area contributed by atoms with E-state index in [-0.39, 0.29) is 42.4 Å². The summed E-state index contributed by atoms with van der Waals surface area (Å²) in [5, 5.41) is 10.2. The van der Waals surface area contributed by atoms with Gasteiger partial charge in [0.15, 0.2) is 5.69 Å². The minimum atomic E-state index is -0.658. The van der Waals surface area contributed by atoms with Crippen LogP contribution in [-0.4, -0.2) is 76.0 Å². The fourth-order valence-electron chi connectivity index (χ4n) is 4.96. The Hall–Kier alpha value is -4.02. The van der Waals surface area contributed by atoms with Crippen molar-refractivity contribution >= 4 is 23.6 Å². The quantitative estimate of drug-likeness (QED) is 0.596. The van der Waals surface area contributed by atoms with Gasteiger partial charge in [0.1, 0.15) is 18.4 Å². The van der Waals surface area contributed by atoms with Crippen LogP contribution in [0.2, 0.25) is 0 Å². The van der Waals surface area contributed by atoms with Crippen molar-refractivity contribution in [3.05, 3.63) is 47.2 Å². The third-order valence-electron chi connectivity index (χ3n) is 6.89. The minimum Gasteiger partial charge on any atom is -0.491 e. The molecular weight excluding hydrogens is 466 g/mol. The molecule has 0 spiro atoms. The van der Waals surface area contributed by atoms with Crippen molar-refractivity contribution < 1.29 is 28.7 Å². The normalized spacial score (nSPS) is 21.8. The van der Waals surface area contributed by atoms with E-state index in [2.05, 4.69) is 15.5 Å². The highest BCUT2D eigenvalue weighted by molar-refractivity contribution is 6.05. The van der Waals surface area contributed by atoms with Gasteiger partial charge in [0, 0.05) is 31.1 Å². The second-order valence-corrected chi connectivity index (χ2v) is 9.14. The largest absolute Gasteiger partial charge is 0.491 e. The molecule has 4 heterocycles. The number of likely N-dealkylation sites (tertiary alicyclic amines) is 1. The van der Waals surface area contributed by atoms with Gasteiger partial charge in [-0.05, 0) is 55.5 Å². The van der Waals surface area contributed by atoms with Crippen LogP contribution in [0.3, 0.4) is 0 Å². The van der Waals surface area contributed by atoms with Gasteiger partial charge in [-0.2, -0.15) is 0 Å². The Balaban J connectivity index is 1.24. The monoisotopic (exact) mass is 493 g/mol. The number of nitrogens with zero attached hydrogens (tertiary/aromatic N) is 4. The molecular formula is C25H27N5O6. The molecule has 2 atom stereocenters. The molecule has 0 aliphatic carbocycles. The second kappa shape index (κ2) is 9.92. The highest BCUT2D eigenvalue weighted by atomic mass is 16.5. The average molecular weight is 494 g/mol. The van der Waals surface area contributed by atoms with Crippen molar-refractivity contribution in [1.29, 1.82) is 0 Å². The highest BCUT2D eigenvalue weighted by Crippen LogP contribution is 2.30. The molecule has 11 heteroatoms. The lowest BCUT2D eigenvalue weighted by molar-refractivity contribution is -0.136. The molecule has 0 bridgehead atoms. The van der Waals surface area contributed by atoms with Gasteiger partial charge in [-0.15, -0.1) is 10.2 Å². The Morgan fingerprint density at radius 1 is 1.11 bits per heavy atom. The molecule has 1 N–H and O–H groups in total. The maximum absolute atomic E-state index is 13.1. The van der Waals surface area contributed by atoms with E-state index in [1.165, 1.54) is 12.0 Å². The fraction of sp³-hybridized carbons (Fsp3) is 0.440. The van der Waals surface area contributed by atoms with Crippen LogP contribution in [0.1, 0.15) is 58.5 Å². The number of aromatic nitrogens is 2. The molecule has 1 unspecified atom stereocenters. The maximum Gasteiger partial charge on any atom is 0.274 e. The number of piperidine rings is 2. The number of fused-ring (bicyclic) bond motifs is 1. The fourth-order valence-corrected chi connectivity index (χ4v) is 4.96. The van der Waals surface area contributed by atoms with E-state index in [9.17, 15) is 19.2 Å². The third-order valence-corrected chi connectivity index (χ3v) is 6.89. The summed E-state index contributed by atoms with van der Waals surface area (Å²) in [6.07, 6.45) is 3.23. The van der Waals surface area contributed by atoms with Crippen LogP contribution in [0.25, 0.3) is 0 Å². The van der Waals surface area contributed by atoms with Crippen LogP contribution in [0.15, 0.2) is 30.3 Å². The van der Waals surface area contributed by atoms with Crippen molar-refractivity contribution in [2.75, 3.05) is 20.3 Å². The van der Waals surface area contributed by atoms with Gasteiger partial charge in [-0.25, -0.2) is 0 Å². The van der Waals surface area contributed by atoms with Gasteiger partial charge in [0.05, 0.1) is 13.2 Å². The predicted octanol–water partition coefficient (Wildman–Crippen LogP) is 1.32. The number of hydrogen-bond acceptors (Lipinski definition) is 8. The number of hydrogen-bond donors (Lipinski definition) is 1. The molecule has 4 amide bonds. The molecule has 2 saturated heterocycles. The molecule has 1 aromatic carbocycles. The van der Waals surface area contributed by atoms with Crippen molar-refractivity contribution in [1.82, 2.24) is 25.3 Å². The average Bonchev–Trinajstić information content (AvgIpc) is 3.22. The first-order chi connectivity index (χ1) is 17.4. The van der Waals surface area contributed by atoms with Crippen LogP contribution in [0.4, 0.5) is 0 Å². The lowest BCUT2D eigenvalue weighted by Gasteiger charge is -2.35. The molecule has 188 valence electrons. The second-order valence-electron chi connectivity index (χ2n) is 9.14.